The van der Waals surface area contributed by atoms with E-state index >= 15 is 0 Å². The molecule has 160 valence electrons. The summed E-state index contributed by atoms with van der Waals surface area (Å²) < 4.78 is 10.9. The van der Waals surface area contributed by atoms with Crippen LogP contribution in [0.1, 0.15) is 24.2 Å². The van der Waals surface area contributed by atoms with Crippen LogP contribution in [0, 0.1) is 10.1 Å². The molecule has 0 saturated carbocycles. The summed E-state index contributed by atoms with van der Waals surface area (Å²) in [5.74, 6) is -1.16. The number of fused-ring (bicyclic) bond motifs is 2. The topological polar surface area (TPSA) is 132 Å². The highest BCUT2D eigenvalue weighted by molar-refractivity contribution is 6.10. The number of ketones is 1. The first-order chi connectivity index (χ1) is 14.7. The summed E-state index contributed by atoms with van der Waals surface area (Å²) >= 11 is 0. The first-order valence-corrected chi connectivity index (χ1v) is 9.42. The third kappa shape index (κ3) is 3.33. The fraction of sp³-hybridized carbons (Fsp3) is 0.300. The third-order valence-electron chi connectivity index (χ3n) is 5.21. The van der Waals surface area contributed by atoms with Crippen molar-refractivity contribution >= 4 is 34.9 Å². The second kappa shape index (κ2) is 7.35. The zero-order chi connectivity index (χ0) is 22.4. The Morgan fingerprint density at radius 1 is 1.26 bits per heavy atom. The zero-order valence-corrected chi connectivity index (χ0v) is 16.9. The van der Waals surface area contributed by atoms with E-state index in [9.17, 15) is 24.5 Å². The highest BCUT2D eigenvalue weighted by Crippen LogP contribution is 2.36. The average molecular weight is 426 g/mol. The summed E-state index contributed by atoms with van der Waals surface area (Å²) in [5, 5.41) is 11.1. The molecular formula is C20H18N4O7. The van der Waals surface area contributed by atoms with E-state index < -0.39 is 34.6 Å². The second-order valence-corrected chi connectivity index (χ2v) is 7.18. The Bertz CT molecular complexity index is 1130. The number of ether oxygens (including phenoxy) is 2. The molecule has 2 amide bonds. The summed E-state index contributed by atoms with van der Waals surface area (Å²) in [7, 11) is 1.59. The summed E-state index contributed by atoms with van der Waals surface area (Å²) in [6, 6.07) is 6.14. The maximum absolute atomic E-state index is 13.2. The smallest absolute Gasteiger partial charge is 0.366 e. The van der Waals surface area contributed by atoms with Crippen LogP contribution in [0.5, 0.6) is 11.5 Å². The molecule has 2 aromatic rings. The minimum atomic E-state index is -1.02. The van der Waals surface area contributed by atoms with E-state index in [0.717, 1.165) is 11.0 Å². The Kier molecular flexibility index (Phi) is 4.80. The molecule has 2 atom stereocenters. The number of aromatic nitrogens is 1. The molecule has 0 spiro atoms. The molecule has 0 N–H and O–H groups in total. The van der Waals surface area contributed by atoms with E-state index in [4.69, 9.17) is 9.47 Å². The van der Waals surface area contributed by atoms with Crippen molar-refractivity contribution in [3.63, 3.8) is 0 Å². The molecule has 0 aliphatic carbocycles. The van der Waals surface area contributed by atoms with Crippen LogP contribution < -0.4 is 19.3 Å². The number of benzene rings is 1. The molecule has 1 aromatic heterocycles. The highest BCUT2D eigenvalue weighted by Gasteiger charge is 2.39. The minimum Gasteiger partial charge on any atom is -0.479 e. The van der Waals surface area contributed by atoms with Crippen LogP contribution in [-0.4, -0.2) is 53.3 Å². The Balaban J connectivity index is 1.70. The molecule has 2 unspecified atom stereocenters. The fourth-order valence-electron chi connectivity index (χ4n) is 3.56. The summed E-state index contributed by atoms with van der Waals surface area (Å²) in [6.07, 6.45) is -0.637. The van der Waals surface area contributed by atoms with E-state index in [1.165, 1.54) is 24.0 Å². The van der Waals surface area contributed by atoms with Crippen molar-refractivity contribution in [2.24, 2.45) is 0 Å². The molecule has 0 saturated heterocycles. The van der Waals surface area contributed by atoms with E-state index in [0.29, 0.717) is 11.4 Å². The molecule has 0 radical (unpaired) electrons. The van der Waals surface area contributed by atoms with Crippen molar-refractivity contribution in [2.45, 2.75) is 26.0 Å². The maximum Gasteiger partial charge on any atom is 0.366 e. The van der Waals surface area contributed by atoms with Crippen LogP contribution in [-0.2, 0) is 9.59 Å². The van der Waals surface area contributed by atoms with Crippen LogP contribution in [0.15, 0.2) is 30.3 Å². The largest absolute Gasteiger partial charge is 0.479 e. The van der Waals surface area contributed by atoms with Crippen LogP contribution >= 0.6 is 0 Å². The predicted octanol–water partition coefficient (Wildman–Crippen LogP) is 1.73. The van der Waals surface area contributed by atoms with Gasteiger partial charge < -0.3 is 24.5 Å². The van der Waals surface area contributed by atoms with Crippen LogP contribution in [0.25, 0.3) is 0 Å². The normalized spacial score (nSPS) is 18.5. The number of hydrogen-bond acceptors (Lipinski definition) is 8. The lowest BCUT2D eigenvalue weighted by molar-refractivity contribution is -0.389. The second-order valence-electron chi connectivity index (χ2n) is 7.18. The van der Waals surface area contributed by atoms with Crippen molar-refractivity contribution in [3.05, 3.63) is 46.0 Å². The van der Waals surface area contributed by atoms with E-state index in [2.05, 4.69) is 4.98 Å². The van der Waals surface area contributed by atoms with Gasteiger partial charge in [-0.15, -0.1) is 0 Å². The Hall–Kier alpha value is -4.02. The first kappa shape index (κ1) is 20.3. The number of amides is 2. The number of pyridine rings is 1. The molecule has 11 heteroatoms. The van der Waals surface area contributed by atoms with Gasteiger partial charge in [0, 0.05) is 18.7 Å². The number of rotatable bonds is 4. The molecule has 3 heterocycles. The number of nitro groups is 1. The zero-order valence-electron chi connectivity index (χ0n) is 16.9. The standard InChI is InChI=1S/C20H18N4O7/c1-10(23-17(25)9-30-15-6-7-16(24(28)29)21-19(15)23)18(26)12-4-5-14-13(8-12)22(3)20(27)11(2)31-14/h4-8,10-11H,9H2,1-3H3. The molecule has 2 aliphatic heterocycles. The molecule has 0 bridgehead atoms. The lowest BCUT2D eigenvalue weighted by atomic mass is 10.0. The molecule has 4 rings (SSSR count). The maximum atomic E-state index is 13.2. The van der Waals surface area contributed by atoms with Crippen molar-refractivity contribution < 1.29 is 28.8 Å². The molecule has 1 aromatic carbocycles. The van der Waals surface area contributed by atoms with E-state index in [1.807, 2.05) is 0 Å². The monoisotopic (exact) mass is 426 g/mol. The van der Waals surface area contributed by atoms with E-state index in [1.54, 1.807) is 26.1 Å². The summed E-state index contributed by atoms with van der Waals surface area (Å²) in [4.78, 5) is 54.8. The van der Waals surface area contributed by atoms with Crippen molar-refractivity contribution in [3.8, 4) is 11.5 Å². The van der Waals surface area contributed by atoms with Gasteiger partial charge in [0.15, 0.2) is 24.2 Å². The van der Waals surface area contributed by atoms with Crippen molar-refractivity contribution in [1.82, 2.24) is 4.98 Å². The Morgan fingerprint density at radius 2 is 1.97 bits per heavy atom. The van der Waals surface area contributed by atoms with Crippen molar-refractivity contribution in [2.75, 3.05) is 23.5 Å². The fourth-order valence-corrected chi connectivity index (χ4v) is 3.56. The van der Waals surface area contributed by atoms with Gasteiger partial charge in [0.1, 0.15) is 11.8 Å². The number of likely N-dealkylation sites (N-methyl/N-ethyl adjacent to an activating group) is 1. The lowest BCUT2D eigenvalue weighted by Crippen LogP contribution is -2.48. The summed E-state index contributed by atoms with van der Waals surface area (Å²) in [6.45, 7) is 2.82. The minimum absolute atomic E-state index is 0.0892. The van der Waals surface area contributed by atoms with Crippen LogP contribution in [0.3, 0.4) is 0 Å². The van der Waals surface area contributed by atoms with Gasteiger partial charge in [-0.05, 0) is 48.0 Å². The van der Waals surface area contributed by atoms with Gasteiger partial charge >= 0.3 is 5.82 Å². The third-order valence-corrected chi connectivity index (χ3v) is 5.21. The van der Waals surface area contributed by atoms with Gasteiger partial charge in [-0.3, -0.25) is 19.3 Å². The van der Waals surface area contributed by atoms with Gasteiger partial charge in [-0.1, -0.05) is 0 Å². The molecule has 0 fully saturated rings. The Morgan fingerprint density at radius 3 is 2.68 bits per heavy atom. The number of hydrogen-bond donors (Lipinski definition) is 0. The first-order valence-electron chi connectivity index (χ1n) is 9.42. The molecule has 11 nitrogen and oxygen atoms in total. The number of nitrogens with zero attached hydrogens (tertiary/aromatic N) is 4. The average Bonchev–Trinajstić information content (AvgIpc) is 2.76. The number of carbonyl (C=O) groups excluding carboxylic acids is 3. The summed E-state index contributed by atoms with van der Waals surface area (Å²) in [5.41, 5.74) is 0.680. The number of Topliss-reactive ketones (excluding diaryl/α,β-unsaturated/α-hetero) is 1. The number of carbonyl (C=O) groups is 3. The quantitative estimate of drug-likeness (QED) is 0.410. The number of anilines is 2. The van der Waals surface area contributed by atoms with Gasteiger partial charge in [0.05, 0.1) is 5.69 Å². The van der Waals surface area contributed by atoms with E-state index in [-0.39, 0.29) is 29.6 Å². The van der Waals surface area contributed by atoms with Crippen LogP contribution in [0.2, 0.25) is 0 Å². The van der Waals surface area contributed by atoms with Gasteiger partial charge in [-0.25, -0.2) is 0 Å². The Labute approximate surface area is 176 Å². The van der Waals surface area contributed by atoms with Crippen molar-refractivity contribution in [1.29, 1.82) is 0 Å². The lowest BCUT2D eigenvalue weighted by Gasteiger charge is -2.31. The SMILES string of the molecule is CC1Oc2ccc(C(=O)C(C)N3C(=O)COc4ccc([N+](=O)[O-])nc43)cc2N(C)C1=O. The van der Waals surface area contributed by atoms with Gasteiger partial charge in [0.25, 0.3) is 17.6 Å². The molecular weight excluding hydrogens is 408 g/mol. The molecule has 31 heavy (non-hydrogen) atoms. The van der Waals surface area contributed by atoms with Gasteiger partial charge in [0.2, 0.25) is 0 Å². The van der Waals surface area contributed by atoms with Crippen LogP contribution in [0.4, 0.5) is 17.3 Å². The predicted molar refractivity (Wildman–Crippen MR) is 108 cm³/mol. The highest BCUT2D eigenvalue weighted by atomic mass is 16.6. The van der Waals surface area contributed by atoms with Gasteiger partial charge in [-0.2, -0.15) is 0 Å². The molecule has 2 aliphatic rings.